The maximum absolute atomic E-state index is 11.0. The highest BCUT2D eigenvalue weighted by molar-refractivity contribution is 8.00. The first-order chi connectivity index (χ1) is 6.74. The summed E-state index contributed by atoms with van der Waals surface area (Å²) in [7, 11) is 0. The number of carbonyl (C=O) groups excluding carboxylic acids is 1. The molecule has 0 unspecified atom stereocenters. The van der Waals surface area contributed by atoms with Crippen LogP contribution in [0.4, 0.5) is 5.82 Å². The van der Waals surface area contributed by atoms with Gasteiger partial charge in [-0.2, -0.15) is 0 Å². The predicted molar refractivity (Wildman–Crippen MR) is 53.8 cm³/mol. The van der Waals surface area contributed by atoms with Crippen molar-refractivity contribution in [2.45, 2.75) is 11.9 Å². The monoisotopic (exact) mass is 213 g/mol. The zero-order chi connectivity index (χ0) is 10.4. The Bertz CT molecular complexity index is 319. The molecule has 0 aliphatic heterocycles. The van der Waals surface area contributed by atoms with Crippen LogP contribution in [0.1, 0.15) is 6.92 Å². The molecule has 1 rings (SSSR count). The van der Waals surface area contributed by atoms with Crippen molar-refractivity contribution in [3.8, 4) is 0 Å². The number of thioether (sulfide) groups is 1. The highest BCUT2D eigenvalue weighted by Gasteiger charge is 2.06. The van der Waals surface area contributed by atoms with Crippen LogP contribution in [0.2, 0.25) is 0 Å². The van der Waals surface area contributed by atoms with Crippen molar-refractivity contribution in [1.29, 1.82) is 0 Å². The van der Waals surface area contributed by atoms with E-state index in [9.17, 15) is 4.79 Å². The lowest BCUT2D eigenvalue weighted by molar-refractivity contribution is -0.139. The van der Waals surface area contributed by atoms with E-state index in [-0.39, 0.29) is 11.7 Å². The first-order valence-corrected chi connectivity index (χ1v) is 5.07. The Morgan fingerprint density at radius 2 is 2.29 bits per heavy atom. The molecule has 0 amide bonds. The van der Waals surface area contributed by atoms with Crippen molar-refractivity contribution in [3.63, 3.8) is 0 Å². The molecule has 0 fully saturated rings. The molecular weight excluding hydrogens is 202 g/mol. The van der Waals surface area contributed by atoms with Gasteiger partial charge in [0.25, 0.3) is 0 Å². The second-order valence-electron chi connectivity index (χ2n) is 2.34. The van der Waals surface area contributed by atoms with Crippen molar-refractivity contribution in [3.05, 3.63) is 12.4 Å². The first kappa shape index (κ1) is 10.8. The average molecular weight is 213 g/mol. The number of nitrogen functional groups attached to an aromatic ring is 1. The molecule has 14 heavy (non-hydrogen) atoms. The SMILES string of the molecule is CCOC(=O)CSc1nccnc1N. The van der Waals surface area contributed by atoms with Crippen LogP contribution in [0.5, 0.6) is 0 Å². The van der Waals surface area contributed by atoms with E-state index in [4.69, 9.17) is 10.5 Å². The van der Waals surface area contributed by atoms with Gasteiger partial charge in [-0.1, -0.05) is 11.8 Å². The van der Waals surface area contributed by atoms with E-state index < -0.39 is 0 Å². The van der Waals surface area contributed by atoms with Gasteiger partial charge in [0, 0.05) is 12.4 Å². The number of anilines is 1. The number of esters is 1. The van der Waals surface area contributed by atoms with Crippen molar-refractivity contribution in [1.82, 2.24) is 9.97 Å². The Hall–Kier alpha value is -1.30. The zero-order valence-electron chi connectivity index (χ0n) is 7.77. The van der Waals surface area contributed by atoms with Gasteiger partial charge in [0.05, 0.1) is 12.4 Å². The quantitative estimate of drug-likeness (QED) is 0.586. The van der Waals surface area contributed by atoms with Crippen molar-refractivity contribution < 1.29 is 9.53 Å². The average Bonchev–Trinajstić information content (AvgIpc) is 2.17. The standard InChI is InChI=1S/C8H11N3O2S/c1-2-13-6(12)5-14-8-7(9)10-3-4-11-8/h3-4H,2,5H2,1H3,(H2,9,10). The molecule has 0 radical (unpaired) electrons. The minimum absolute atomic E-state index is 0.205. The maximum atomic E-state index is 11.0. The number of ether oxygens (including phenoxy) is 1. The predicted octanol–water partition coefficient (Wildman–Crippen LogP) is 0.714. The Labute approximate surface area is 86.1 Å². The van der Waals surface area contributed by atoms with Crippen LogP contribution >= 0.6 is 11.8 Å². The van der Waals surface area contributed by atoms with Crippen LogP contribution in [0, 0.1) is 0 Å². The summed E-state index contributed by atoms with van der Waals surface area (Å²) in [5.41, 5.74) is 5.53. The Morgan fingerprint density at radius 3 is 2.93 bits per heavy atom. The summed E-state index contributed by atoms with van der Waals surface area (Å²) in [5.74, 6) is 0.265. The summed E-state index contributed by atoms with van der Waals surface area (Å²) >= 11 is 1.22. The number of aromatic nitrogens is 2. The van der Waals surface area contributed by atoms with E-state index >= 15 is 0 Å². The van der Waals surface area contributed by atoms with E-state index in [1.807, 2.05) is 0 Å². The Kier molecular flexibility index (Phi) is 4.18. The molecule has 0 aliphatic carbocycles. The summed E-state index contributed by atoms with van der Waals surface area (Å²) in [6.07, 6.45) is 3.04. The molecular formula is C8H11N3O2S. The van der Waals surface area contributed by atoms with Crippen LogP contribution in [-0.4, -0.2) is 28.3 Å². The van der Waals surface area contributed by atoms with Crippen molar-refractivity contribution >= 4 is 23.5 Å². The van der Waals surface area contributed by atoms with E-state index in [0.717, 1.165) is 0 Å². The van der Waals surface area contributed by atoms with Crippen molar-refractivity contribution in [2.75, 3.05) is 18.1 Å². The molecule has 1 aromatic heterocycles. The summed E-state index contributed by atoms with van der Waals surface area (Å²) in [4.78, 5) is 18.8. The molecule has 0 saturated heterocycles. The number of rotatable bonds is 4. The van der Waals surface area contributed by atoms with Crippen molar-refractivity contribution in [2.24, 2.45) is 0 Å². The third kappa shape index (κ3) is 3.21. The van der Waals surface area contributed by atoms with Crippen LogP contribution in [-0.2, 0) is 9.53 Å². The van der Waals surface area contributed by atoms with Gasteiger partial charge in [-0.3, -0.25) is 4.79 Å². The van der Waals surface area contributed by atoms with Crippen LogP contribution in [0.25, 0.3) is 0 Å². The highest BCUT2D eigenvalue weighted by Crippen LogP contribution is 2.19. The fraction of sp³-hybridized carbons (Fsp3) is 0.375. The van der Waals surface area contributed by atoms with Gasteiger partial charge in [0.2, 0.25) is 0 Å². The van der Waals surface area contributed by atoms with Gasteiger partial charge in [-0.15, -0.1) is 0 Å². The minimum atomic E-state index is -0.275. The minimum Gasteiger partial charge on any atom is -0.465 e. The normalized spacial score (nSPS) is 9.79. The maximum Gasteiger partial charge on any atom is 0.316 e. The smallest absolute Gasteiger partial charge is 0.316 e. The number of nitrogens with zero attached hydrogens (tertiary/aromatic N) is 2. The first-order valence-electron chi connectivity index (χ1n) is 4.09. The third-order valence-electron chi connectivity index (χ3n) is 1.32. The lowest BCUT2D eigenvalue weighted by Crippen LogP contribution is -2.07. The second-order valence-corrected chi connectivity index (χ2v) is 3.30. The fourth-order valence-electron chi connectivity index (χ4n) is 0.777. The number of nitrogens with two attached hydrogens (primary N) is 1. The van der Waals surface area contributed by atoms with Gasteiger partial charge < -0.3 is 10.5 Å². The highest BCUT2D eigenvalue weighted by atomic mass is 32.2. The van der Waals surface area contributed by atoms with Gasteiger partial charge in [0.1, 0.15) is 5.03 Å². The third-order valence-corrected chi connectivity index (χ3v) is 2.29. The van der Waals surface area contributed by atoms with Gasteiger partial charge in [-0.05, 0) is 6.92 Å². The van der Waals surface area contributed by atoms with Gasteiger partial charge in [-0.25, -0.2) is 9.97 Å². The summed E-state index contributed by atoms with van der Waals surface area (Å²) in [6.45, 7) is 2.15. The molecule has 2 N–H and O–H groups in total. The zero-order valence-corrected chi connectivity index (χ0v) is 8.58. The van der Waals surface area contributed by atoms with Crippen LogP contribution < -0.4 is 5.73 Å². The largest absolute Gasteiger partial charge is 0.465 e. The molecule has 0 atom stereocenters. The molecule has 6 heteroatoms. The number of hydrogen-bond acceptors (Lipinski definition) is 6. The second kappa shape index (κ2) is 5.43. The molecule has 1 heterocycles. The van der Waals surface area contributed by atoms with Gasteiger partial charge >= 0.3 is 5.97 Å². The molecule has 1 aromatic rings. The fourth-order valence-corrected chi connectivity index (χ4v) is 1.45. The molecule has 0 spiro atoms. The summed E-state index contributed by atoms with van der Waals surface area (Å²) in [6, 6.07) is 0. The Morgan fingerprint density at radius 1 is 1.57 bits per heavy atom. The van der Waals surface area contributed by atoms with E-state index in [1.54, 1.807) is 6.92 Å². The van der Waals surface area contributed by atoms with Crippen LogP contribution in [0.3, 0.4) is 0 Å². The molecule has 0 saturated carbocycles. The molecule has 0 bridgehead atoms. The lowest BCUT2D eigenvalue weighted by atomic mass is 10.7. The summed E-state index contributed by atoms with van der Waals surface area (Å²) in [5, 5.41) is 0.556. The summed E-state index contributed by atoms with van der Waals surface area (Å²) < 4.78 is 4.75. The van der Waals surface area contributed by atoms with Crippen LogP contribution in [0.15, 0.2) is 17.4 Å². The van der Waals surface area contributed by atoms with E-state index in [0.29, 0.717) is 17.5 Å². The number of carbonyl (C=O) groups is 1. The topological polar surface area (TPSA) is 78.1 Å². The molecule has 76 valence electrons. The Balaban J connectivity index is 2.46. The molecule has 5 nitrogen and oxygen atoms in total. The van der Waals surface area contributed by atoms with Gasteiger partial charge in [0.15, 0.2) is 5.82 Å². The lowest BCUT2D eigenvalue weighted by Gasteiger charge is -2.02. The van der Waals surface area contributed by atoms with E-state index in [1.165, 1.54) is 24.2 Å². The van der Waals surface area contributed by atoms with E-state index in [2.05, 4.69) is 9.97 Å². The molecule has 0 aromatic carbocycles. The molecule has 0 aliphatic rings. The number of hydrogen-bond donors (Lipinski definition) is 1.